The molecule has 4 rings (SSSR count). The Morgan fingerprint density at radius 3 is 2.68 bits per heavy atom. The summed E-state index contributed by atoms with van der Waals surface area (Å²) in [6.07, 6.45) is 10.4. The predicted octanol–water partition coefficient (Wildman–Crippen LogP) is 1.80. The molecule has 0 bridgehead atoms. The Morgan fingerprint density at radius 1 is 1.24 bits per heavy atom. The zero-order valence-electron chi connectivity index (χ0n) is 14.9. The minimum Gasteiger partial charge on any atom is -0.339 e. The number of amides is 1. The number of rotatable bonds is 3. The fraction of sp³-hybridized carbons (Fsp3) is 0.526. The maximum atomic E-state index is 12.5. The Kier molecular flexibility index (Phi) is 4.07. The molecule has 2 saturated heterocycles. The number of aromatic nitrogens is 3. The molecular weight excluding hydrogens is 314 g/mol. The van der Waals surface area contributed by atoms with E-state index in [-0.39, 0.29) is 17.4 Å². The zero-order valence-corrected chi connectivity index (χ0v) is 14.9. The zero-order chi connectivity index (χ0) is 17.4. The lowest BCUT2D eigenvalue weighted by Crippen LogP contribution is -2.53. The molecule has 2 fully saturated rings. The number of piperidine rings is 1. The van der Waals surface area contributed by atoms with Crippen molar-refractivity contribution in [3.63, 3.8) is 0 Å². The number of likely N-dealkylation sites (tertiary alicyclic amines) is 2. The molecule has 25 heavy (non-hydrogen) atoms. The van der Waals surface area contributed by atoms with Crippen LogP contribution in [0.3, 0.4) is 0 Å². The van der Waals surface area contributed by atoms with Gasteiger partial charge in [0.1, 0.15) is 0 Å². The third-order valence-electron chi connectivity index (χ3n) is 6.05. The molecule has 2 aromatic heterocycles. The van der Waals surface area contributed by atoms with Crippen molar-refractivity contribution >= 4 is 5.91 Å². The summed E-state index contributed by atoms with van der Waals surface area (Å²) >= 11 is 0. The molecule has 0 saturated carbocycles. The number of carbonyl (C=O) groups is 1. The van der Waals surface area contributed by atoms with Crippen molar-refractivity contribution in [2.75, 3.05) is 20.1 Å². The second kappa shape index (κ2) is 6.26. The van der Waals surface area contributed by atoms with E-state index in [0.717, 1.165) is 32.5 Å². The van der Waals surface area contributed by atoms with Gasteiger partial charge in [-0.3, -0.25) is 19.4 Å². The molecule has 2 aliphatic rings. The third-order valence-corrected chi connectivity index (χ3v) is 6.05. The van der Waals surface area contributed by atoms with Crippen LogP contribution in [-0.2, 0) is 18.4 Å². The molecule has 0 radical (unpaired) electrons. The first-order valence-electron chi connectivity index (χ1n) is 8.95. The molecule has 0 aromatic carbocycles. The summed E-state index contributed by atoms with van der Waals surface area (Å²) < 4.78 is 1.84. The molecule has 6 nitrogen and oxygen atoms in total. The maximum absolute atomic E-state index is 12.5. The van der Waals surface area contributed by atoms with Crippen molar-refractivity contribution in [1.82, 2.24) is 24.6 Å². The molecule has 1 spiro atoms. The lowest BCUT2D eigenvalue weighted by Gasteiger charge is -2.46. The highest BCUT2D eigenvalue weighted by atomic mass is 16.2. The van der Waals surface area contributed by atoms with Gasteiger partial charge in [-0.05, 0) is 30.0 Å². The summed E-state index contributed by atoms with van der Waals surface area (Å²) in [7, 11) is 3.92. The van der Waals surface area contributed by atoms with Crippen molar-refractivity contribution in [2.24, 2.45) is 7.05 Å². The van der Waals surface area contributed by atoms with Crippen LogP contribution in [0.25, 0.3) is 0 Å². The molecule has 2 aromatic rings. The summed E-state index contributed by atoms with van der Waals surface area (Å²) in [5.41, 5.74) is 2.38. The van der Waals surface area contributed by atoms with Gasteiger partial charge in [-0.2, -0.15) is 5.10 Å². The molecule has 4 heterocycles. The highest BCUT2D eigenvalue weighted by Crippen LogP contribution is 2.48. The van der Waals surface area contributed by atoms with Crippen molar-refractivity contribution < 1.29 is 4.79 Å². The summed E-state index contributed by atoms with van der Waals surface area (Å²) in [5.74, 6) is 0.508. The number of pyridine rings is 1. The monoisotopic (exact) mass is 339 g/mol. The van der Waals surface area contributed by atoms with E-state index in [1.807, 2.05) is 48.3 Å². The maximum Gasteiger partial charge on any atom is 0.223 e. The highest BCUT2D eigenvalue weighted by Gasteiger charge is 2.52. The second-order valence-corrected chi connectivity index (χ2v) is 7.40. The second-order valence-electron chi connectivity index (χ2n) is 7.40. The van der Waals surface area contributed by atoms with E-state index in [9.17, 15) is 4.79 Å². The number of hydrogen-bond donors (Lipinski definition) is 0. The number of carbonyl (C=O) groups excluding carboxylic acids is 1. The Balaban J connectivity index is 1.51. The van der Waals surface area contributed by atoms with Crippen LogP contribution in [0.4, 0.5) is 0 Å². The van der Waals surface area contributed by atoms with Crippen LogP contribution < -0.4 is 0 Å². The molecule has 0 unspecified atom stereocenters. The largest absolute Gasteiger partial charge is 0.339 e. The van der Waals surface area contributed by atoms with Gasteiger partial charge in [0.25, 0.3) is 0 Å². The molecule has 2 aliphatic heterocycles. The first-order valence-corrected chi connectivity index (χ1v) is 8.95. The molecule has 0 aliphatic carbocycles. The predicted molar refractivity (Wildman–Crippen MR) is 94.8 cm³/mol. The Morgan fingerprint density at radius 2 is 2.04 bits per heavy atom. The van der Waals surface area contributed by atoms with Crippen LogP contribution in [0.5, 0.6) is 0 Å². The van der Waals surface area contributed by atoms with Crippen molar-refractivity contribution in [2.45, 2.75) is 37.3 Å². The van der Waals surface area contributed by atoms with Crippen molar-refractivity contribution in [3.8, 4) is 0 Å². The Bertz CT molecular complexity index is 748. The van der Waals surface area contributed by atoms with E-state index in [4.69, 9.17) is 0 Å². The standard InChI is InChI=1S/C19H25N5O/c1-22-14-16(12-21-22)17-10-18(25)23(2)19(17)5-8-24(9-6-19)13-15-4-3-7-20-11-15/h3-4,7,11-12,14,17H,5-6,8-10,13H2,1-2H3/t17-/m0/s1. The van der Waals surface area contributed by atoms with Gasteiger partial charge < -0.3 is 4.90 Å². The minimum absolute atomic E-state index is 0.0639. The van der Waals surface area contributed by atoms with E-state index in [2.05, 4.69) is 27.2 Å². The van der Waals surface area contributed by atoms with Crippen LogP contribution in [0, 0.1) is 0 Å². The summed E-state index contributed by atoms with van der Waals surface area (Å²) in [5, 5.41) is 4.33. The average molecular weight is 339 g/mol. The van der Waals surface area contributed by atoms with Crippen LogP contribution in [-0.4, -0.2) is 56.1 Å². The van der Waals surface area contributed by atoms with Crippen molar-refractivity contribution in [3.05, 3.63) is 48.0 Å². The molecule has 6 heteroatoms. The average Bonchev–Trinajstić information content (AvgIpc) is 3.15. The van der Waals surface area contributed by atoms with E-state index in [1.165, 1.54) is 11.1 Å². The SMILES string of the molecule is CN1C(=O)C[C@@H](c2cnn(C)c2)C12CCN(Cc1cccnc1)CC2. The van der Waals surface area contributed by atoms with Gasteiger partial charge in [0.2, 0.25) is 5.91 Å². The number of nitrogens with zero attached hydrogens (tertiary/aromatic N) is 5. The minimum atomic E-state index is -0.0639. The topological polar surface area (TPSA) is 54.3 Å². The molecule has 132 valence electrons. The van der Waals surface area contributed by atoms with Crippen molar-refractivity contribution in [1.29, 1.82) is 0 Å². The van der Waals surface area contributed by atoms with Gasteiger partial charge in [0, 0.05) is 64.7 Å². The van der Waals surface area contributed by atoms with E-state index in [1.54, 1.807) is 0 Å². The van der Waals surface area contributed by atoms with E-state index >= 15 is 0 Å². The summed E-state index contributed by atoms with van der Waals surface area (Å²) in [6, 6.07) is 4.11. The van der Waals surface area contributed by atoms with Crippen LogP contribution in [0.2, 0.25) is 0 Å². The lowest BCUT2D eigenvalue weighted by molar-refractivity contribution is -0.130. The lowest BCUT2D eigenvalue weighted by atomic mass is 9.74. The Labute approximate surface area is 148 Å². The number of aryl methyl sites for hydroxylation is 1. The van der Waals surface area contributed by atoms with Crippen LogP contribution >= 0.6 is 0 Å². The fourth-order valence-corrected chi connectivity index (χ4v) is 4.56. The van der Waals surface area contributed by atoms with Gasteiger partial charge in [-0.1, -0.05) is 6.07 Å². The summed E-state index contributed by atoms with van der Waals surface area (Å²) in [6.45, 7) is 2.94. The highest BCUT2D eigenvalue weighted by molar-refractivity contribution is 5.81. The van der Waals surface area contributed by atoms with Gasteiger partial charge in [-0.25, -0.2) is 0 Å². The van der Waals surface area contributed by atoms with Crippen LogP contribution in [0.1, 0.15) is 36.3 Å². The van der Waals surface area contributed by atoms with Gasteiger partial charge in [-0.15, -0.1) is 0 Å². The molecular formula is C19H25N5O. The van der Waals surface area contributed by atoms with E-state index in [0.29, 0.717) is 6.42 Å². The number of likely N-dealkylation sites (N-methyl/N-ethyl adjacent to an activating group) is 1. The normalized spacial score (nSPS) is 23.5. The fourth-order valence-electron chi connectivity index (χ4n) is 4.56. The summed E-state index contributed by atoms with van der Waals surface area (Å²) in [4.78, 5) is 21.2. The smallest absolute Gasteiger partial charge is 0.223 e. The van der Waals surface area contributed by atoms with Gasteiger partial charge >= 0.3 is 0 Å². The quantitative estimate of drug-likeness (QED) is 0.856. The molecule has 1 amide bonds. The van der Waals surface area contributed by atoms with Gasteiger partial charge in [0.15, 0.2) is 0 Å². The first-order chi connectivity index (χ1) is 12.1. The van der Waals surface area contributed by atoms with Crippen LogP contribution in [0.15, 0.2) is 36.9 Å². The van der Waals surface area contributed by atoms with Gasteiger partial charge in [0.05, 0.1) is 11.7 Å². The first kappa shape index (κ1) is 16.3. The molecule has 1 atom stereocenters. The Hall–Kier alpha value is -2.21. The third kappa shape index (κ3) is 2.84. The molecule has 0 N–H and O–H groups in total. The van der Waals surface area contributed by atoms with E-state index < -0.39 is 0 Å². The number of hydrogen-bond acceptors (Lipinski definition) is 4.